The molecule has 0 aliphatic rings. The summed E-state index contributed by atoms with van der Waals surface area (Å²) in [6, 6.07) is 9.24. The van der Waals surface area contributed by atoms with E-state index in [0.717, 1.165) is 10.2 Å². The van der Waals surface area contributed by atoms with Gasteiger partial charge in [0.1, 0.15) is 11.6 Å². The Bertz CT molecular complexity index is 797. The molecule has 3 aromatic rings. The third-order valence-corrected chi connectivity index (χ3v) is 4.65. The molecule has 23 heavy (non-hydrogen) atoms. The van der Waals surface area contributed by atoms with E-state index in [9.17, 15) is 4.79 Å². The van der Waals surface area contributed by atoms with Crippen LogP contribution in [0.5, 0.6) is 0 Å². The summed E-state index contributed by atoms with van der Waals surface area (Å²) in [5.74, 6) is 1.06. The van der Waals surface area contributed by atoms with Crippen molar-refractivity contribution in [3.63, 3.8) is 0 Å². The van der Waals surface area contributed by atoms with Gasteiger partial charge in [0, 0.05) is 18.2 Å². The number of nitrogen functional groups attached to an aromatic ring is 2. The van der Waals surface area contributed by atoms with Crippen LogP contribution in [0.15, 0.2) is 35.5 Å². The summed E-state index contributed by atoms with van der Waals surface area (Å²) >= 11 is 2.78. The van der Waals surface area contributed by atoms with Gasteiger partial charge in [-0.25, -0.2) is 15.0 Å². The number of nitrogens with two attached hydrogens (primary N) is 2. The molecule has 7 nitrogen and oxygen atoms in total. The number of thioether (sulfide) groups is 1. The minimum atomic E-state index is -0.103. The van der Waals surface area contributed by atoms with Crippen molar-refractivity contribution in [1.82, 2.24) is 15.0 Å². The van der Waals surface area contributed by atoms with E-state index in [-0.39, 0.29) is 5.91 Å². The van der Waals surface area contributed by atoms with Gasteiger partial charge in [-0.1, -0.05) is 35.2 Å². The van der Waals surface area contributed by atoms with Crippen molar-refractivity contribution in [2.75, 3.05) is 22.5 Å². The molecule has 1 amide bonds. The number of hydrogen-bond acceptors (Lipinski definition) is 8. The number of aromatic nitrogens is 3. The van der Waals surface area contributed by atoms with E-state index in [1.807, 2.05) is 24.3 Å². The lowest BCUT2D eigenvalue weighted by atomic mass is 10.3. The molecule has 0 fully saturated rings. The zero-order valence-electron chi connectivity index (χ0n) is 12.0. The molecule has 0 unspecified atom stereocenters. The maximum absolute atomic E-state index is 12.0. The van der Waals surface area contributed by atoms with E-state index in [1.165, 1.54) is 29.2 Å². The van der Waals surface area contributed by atoms with Crippen LogP contribution in [-0.4, -0.2) is 26.6 Å². The summed E-state index contributed by atoms with van der Waals surface area (Å²) in [7, 11) is 0. The van der Waals surface area contributed by atoms with Gasteiger partial charge in [-0.2, -0.15) is 0 Å². The molecule has 0 aliphatic heterocycles. The van der Waals surface area contributed by atoms with Crippen LogP contribution >= 0.6 is 23.1 Å². The van der Waals surface area contributed by atoms with Crippen LogP contribution < -0.4 is 16.8 Å². The Balaban J connectivity index is 1.53. The zero-order valence-corrected chi connectivity index (χ0v) is 13.7. The fraction of sp³-hybridized carbons (Fsp3) is 0.143. The zero-order chi connectivity index (χ0) is 16.2. The number of amides is 1. The lowest BCUT2D eigenvalue weighted by Gasteiger charge is -2.03. The van der Waals surface area contributed by atoms with Crippen molar-refractivity contribution in [2.45, 2.75) is 11.6 Å². The molecule has 0 saturated heterocycles. The van der Waals surface area contributed by atoms with Crippen LogP contribution in [-0.2, 0) is 4.79 Å². The van der Waals surface area contributed by atoms with Gasteiger partial charge < -0.3 is 16.8 Å². The molecule has 3 rings (SSSR count). The number of para-hydroxylation sites is 1. The molecule has 9 heteroatoms. The Morgan fingerprint density at radius 3 is 2.65 bits per heavy atom. The molecular formula is C14H14N6OS2. The van der Waals surface area contributed by atoms with E-state index in [0.29, 0.717) is 34.1 Å². The van der Waals surface area contributed by atoms with Crippen LogP contribution in [0.1, 0.15) is 6.42 Å². The van der Waals surface area contributed by atoms with Gasteiger partial charge in [-0.05, 0) is 12.1 Å². The number of carbonyl (C=O) groups excluding carboxylic acids is 1. The highest BCUT2D eigenvalue weighted by Gasteiger charge is 2.08. The Morgan fingerprint density at radius 1 is 1.17 bits per heavy atom. The number of rotatable bonds is 5. The highest BCUT2D eigenvalue weighted by molar-refractivity contribution is 7.99. The molecule has 0 atom stereocenters. The van der Waals surface area contributed by atoms with E-state index in [1.54, 1.807) is 0 Å². The van der Waals surface area contributed by atoms with Gasteiger partial charge in [0.2, 0.25) is 5.91 Å². The van der Waals surface area contributed by atoms with Crippen LogP contribution in [0.3, 0.4) is 0 Å². The van der Waals surface area contributed by atoms with E-state index in [2.05, 4.69) is 20.3 Å². The molecule has 1 aromatic carbocycles. The van der Waals surface area contributed by atoms with Crippen molar-refractivity contribution < 1.29 is 4.79 Å². The normalized spacial score (nSPS) is 10.8. The fourth-order valence-corrected chi connectivity index (χ4v) is 3.56. The molecule has 118 valence electrons. The smallest absolute Gasteiger partial charge is 0.226 e. The Labute approximate surface area is 140 Å². The molecule has 0 radical (unpaired) electrons. The van der Waals surface area contributed by atoms with Gasteiger partial charge in [0.05, 0.1) is 10.2 Å². The molecule has 2 aromatic heterocycles. The lowest BCUT2D eigenvalue weighted by Crippen LogP contribution is -2.12. The Hall–Kier alpha value is -2.39. The second-order valence-electron chi connectivity index (χ2n) is 4.63. The summed E-state index contributed by atoms with van der Waals surface area (Å²) in [5, 5.41) is 3.88. The second kappa shape index (κ2) is 6.80. The molecule has 0 aliphatic carbocycles. The van der Waals surface area contributed by atoms with E-state index >= 15 is 0 Å². The predicted molar refractivity (Wildman–Crippen MR) is 94.4 cm³/mol. The molecule has 0 saturated carbocycles. The third kappa shape index (κ3) is 4.08. The number of nitrogens with zero attached hydrogens (tertiary/aromatic N) is 3. The van der Waals surface area contributed by atoms with Crippen molar-refractivity contribution in [3.05, 3.63) is 30.3 Å². The first-order valence-electron chi connectivity index (χ1n) is 6.78. The summed E-state index contributed by atoms with van der Waals surface area (Å²) in [5.41, 5.74) is 12.1. The number of benzene rings is 1. The van der Waals surface area contributed by atoms with Crippen molar-refractivity contribution in [1.29, 1.82) is 0 Å². The number of hydrogen-bond donors (Lipinski definition) is 3. The van der Waals surface area contributed by atoms with Crippen LogP contribution in [0, 0.1) is 0 Å². The van der Waals surface area contributed by atoms with Crippen molar-refractivity contribution in [3.8, 4) is 0 Å². The summed E-state index contributed by atoms with van der Waals surface area (Å²) < 4.78 is 1.04. The van der Waals surface area contributed by atoms with Gasteiger partial charge in [-0.15, -0.1) is 0 Å². The summed E-state index contributed by atoms with van der Waals surface area (Å²) in [6.07, 6.45) is 0.318. The number of carbonyl (C=O) groups is 1. The Morgan fingerprint density at radius 2 is 1.91 bits per heavy atom. The lowest BCUT2D eigenvalue weighted by molar-refractivity contribution is -0.115. The molecular weight excluding hydrogens is 332 g/mol. The summed E-state index contributed by atoms with van der Waals surface area (Å²) in [6.45, 7) is 0. The Kier molecular flexibility index (Phi) is 4.58. The number of anilines is 3. The maximum Gasteiger partial charge on any atom is 0.226 e. The van der Waals surface area contributed by atoms with Crippen LogP contribution in [0.4, 0.5) is 16.8 Å². The molecule has 0 spiro atoms. The van der Waals surface area contributed by atoms with Gasteiger partial charge >= 0.3 is 0 Å². The fourth-order valence-electron chi connectivity index (χ4n) is 1.87. The quantitative estimate of drug-likeness (QED) is 0.479. The average molecular weight is 346 g/mol. The monoisotopic (exact) mass is 346 g/mol. The number of thiazole rings is 1. The van der Waals surface area contributed by atoms with Crippen LogP contribution in [0.25, 0.3) is 10.2 Å². The van der Waals surface area contributed by atoms with Crippen molar-refractivity contribution >= 4 is 56.0 Å². The van der Waals surface area contributed by atoms with E-state index < -0.39 is 0 Å². The minimum absolute atomic E-state index is 0.103. The number of nitrogens with one attached hydrogen (secondary N) is 1. The standard InChI is InChI=1S/C14H14N6OS2/c15-10-7-11(16)19-13(18-10)22-6-5-12(21)20-14-17-8-3-1-2-4-9(8)23-14/h1-4,7H,5-6H2,(H,17,20,21)(H4,15,16,18,19). The second-order valence-corrected chi connectivity index (χ2v) is 6.73. The maximum atomic E-state index is 12.0. The number of fused-ring (bicyclic) bond motifs is 1. The predicted octanol–water partition coefficient (Wildman–Crippen LogP) is 2.37. The van der Waals surface area contributed by atoms with Crippen molar-refractivity contribution in [2.24, 2.45) is 0 Å². The largest absolute Gasteiger partial charge is 0.383 e. The highest BCUT2D eigenvalue weighted by Crippen LogP contribution is 2.25. The van der Waals surface area contributed by atoms with Gasteiger partial charge in [0.25, 0.3) is 0 Å². The van der Waals surface area contributed by atoms with E-state index in [4.69, 9.17) is 11.5 Å². The topological polar surface area (TPSA) is 120 Å². The molecule has 2 heterocycles. The first-order valence-corrected chi connectivity index (χ1v) is 8.58. The highest BCUT2D eigenvalue weighted by atomic mass is 32.2. The average Bonchev–Trinajstić information content (AvgIpc) is 2.88. The van der Waals surface area contributed by atoms with Gasteiger partial charge in [0.15, 0.2) is 10.3 Å². The molecule has 5 N–H and O–H groups in total. The first-order chi connectivity index (χ1) is 11.1. The summed E-state index contributed by atoms with van der Waals surface area (Å²) in [4.78, 5) is 24.4. The van der Waals surface area contributed by atoms with Crippen LogP contribution in [0.2, 0.25) is 0 Å². The first kappa shape index (κ1) is 15.5. The SMILES string of the molecule is Nc1cc(N)nc(SCCC(=O)Nc2nc3ccccc3s2)n1. The van der Waals surface area contributed by atoms with Gasteiger partial charge in [-0.3, -0.25) is 4.79 Å². The molecule has 0 bridgehead atoms. The third-order valence-electron chi connectivity index (χ3n) is 2.85. The minimum Gasteiger partial charge on any atom is -0.383 e.